The predicted octanol–water partition coefficient (Wildman–Crippen LogP) is 0.939. The number of hydrogen-bond donors (Lipinski definition) is 2. The smallest absolute Gasteiger partial charge is 0.314 e. The number of aromatic amines is 2. The molecule has 0 aliphatic rings. The van der Waals surface area contributed by atoms with E-state index in [1.165, 1.54) is 13.0 Å². The fraction of sp³-hybridized carbons (Fsp3) is 0.357. The molecule has 1 aromatic carbocycles. The van der Waals surface area contributed by atoms with E-state index in [1.54, 1.807) is 13.8 Å². The van der Waals surface area contributed by atoms with Crippen molar-refractivity contribution in [2.75, 3.05) is 13.2 Å². The quantitative estimate of drug-likeness (QED) is 0.483. The van der Waals surface area contributed by atoms with Crippen molar-refractivity contribution in [2.45, 2.75) is 20.8 Å². The van der Waals surface area contributed by atoms with Crippen LogP contribution in [0, 0.1) is 0 Å². The minimum atomic E-state index is -0.854. The van der Waals surface area contributed by atoms with Crippen molar-refractivity contribution in [1.29, 1.82) is 0 Å². The summed E-state index contributed by atoms with van der Waals surface area (Å²) in [4.78, 5) is 39.2. The lowest BCUT2D eigenvalue weighted by molar-refractivity contribution is -0.131. The van der Waals surface area contributed by atoms with Gasteiger partial charge in [-0.2, -0.15) is 0 Å². The lowest BCUT2D eigenvalue weighted by Gasteiger charge is -2.16. The Morgan fingerprint density at radius 1 is 1.05 bits per heavy atom. The van der Waals surface area contributed by atoms with Gasteiger partial charge in [0.05, 0.1) is 18.7 Å². The lowest BCUT2D eigenvalue weighted by atomic mass is 10.2. The Morgan fingerprint density at radius 3 is 2.27 bits per heavy atom. The summed E-state index contributed by atoms with van der Waals surface area (Å²) in [5.41, 5.74) is -1.24. The highest BCUT2D eigenvalue weighted by Gasteiger charge is 2.20. The summed E-state index contributed by atoms with van der Waals surface area (Å²) in [6, 6.07) is 1.51. The molecule has 118 valence electrons. The number of rotatable bonds is 5. The van der Waals surface area contributed by atoms with E-state index < -0.39 is 17.1 Å². The van der Waals surface area contributed by atoms with Crippen LogP contribution in [0.15, 0.2) is 15.7 Å². The maximum atomic E-state index is 11.5. The number of benzene rings is 1. The first kappa shape index (κ1) is 15.6. The lowest BCUT2D eigenvalue weighted by Crippen LogP contribution is -2.29. The van der Waals surface area contributed by atoms with E-state index in [0.717, 1.165) is 0 Å². The molecule has 0 atom stereocenters. The second-order valence-corrected chi connectivity index (χ2v) is 4.32. The summed E-state index contributed by atoms with van der Waals surface area (Å²) >= 11 is 0. The highest BCUT2D eigenvalue weighted by molar-refractivity contribution is 5.89. The van der Waals surface area contributed by atoms with Crippen LogP contribution < -0.4 is 25.3 Å². The normalized spacial score (nSPS) is 10.5. The van der Waals surface area contributed by atoms with E-state index in [-0.39, 0.29) is 22.5 Å². The standard InChI is InChI=1S/C14H16N2O6/c1-4-20-9-6-8-10(16-14(19)13(18)15-8)12(22-7(3)17)11(9)21-5-2/h6H,4-5H2,1-3H3,(H,15,18)(H,16,19). The number of hydrogen-bond acceptors (Lipinski definition) is 6. The van der Waals surface area contributed by atoms with E-state index in [9.17, 15) is 14.4 Å². The van der Waals surface area contributed by atoms with Gasteiger partial charge in [-0.05, 0) is 13.8 Å². The Labute approximate surface area is 125 Å². The summed E-state index contributed by atoms with van der Waals surface area (Å²) in [6.45, 7) is 5.40. The fourth-order valence-corrected chi connectivity index (χ4v) is 1.97. The van der Waals surface area contributed by atoms with Crippen molar-refractivity contribution in [3.05, 3.63) is 26.8 Å². The molecular weight excluding hydrogens is 292 g/mol. The molecule has 1 heterocycles. The molecule has 0 radical (unpaired) electrons. The van der Waals surface area contributed by atoms with Gasteiger partial charge in [-0.1, -0.05) is 0 Å². The van der Waals surface area contributed by atoms with E-state index in [0.29, 0.717) is 19.0 Å². The molecule has 0 saturated heterocycles. The molecule has 2 N–H and O–H groups in total. The van der Waals surface area contributed by atoms with Gasteiger partial charge >= 0.3 is 17.1 Å². The minimum absolute atomic E-state index is 0.00338. The summed E-state index contributed by atoms with van der Waals surface area (Å²) in [6.07, 6.45) is 0. The summed E-state index contributed by atoms with van der Waals surface area (Å²) in [7, 11) is 0. The van der Waals surface area contributed by atoms with Crippen LogP contribution in [0.5, 0.6) is 17.2 Å². The van der Waals surface area contributed by atoms with Gasteiger partial charge in [-0.25, -0.2) is 0 Å². The average Bonchev–Trinajstić information content (AvgIpc) is 2.44. The number of nitrogens with one attached hydrogen (secondary N) is 2. The number of carbonyl (C=O) groups excluding carboxylic acids is 1. The third kappa shape index (κ3) is 2.95. The fourth-order valence-electron chi connectivity index (χ4n) is 1.97. The second kappa shape index (κ2) is 6.33. The molecule has 0 fully saturated rings. The summed E-state index contributed by atoms with van der Waals surface area (Å²) in [5, 5.41) is 0. The molecule has 0 aliphatic heterocycles. The zero-order valence-electron chi connectivity index (χ0n) is 12.4. The third-order valence-electron chi connectivity index (χ3n) is 2.73. The Bertz CT molecular complexity index is 820. The van der Waals surface area contributed by atoms with E-state index in [2.05, 4.69) is 9.97 Å². The van der Waals surface area contributed by atoms with Gasteiger partial charge in [0.2, 0.25) is 11.5 Å². The average molecular weight is 308 g/mol. The maximum absolute atomic E-state index is 11.5. The Hall–Kier alpha value is -2.77. The maximum Gasteiger partial charge on any atom is 0.314 e. The SMILES string of the molecule is CCOc1cc2[nH]c(=O)c(=O)[nH]c2c(OC(C)=O)c1OCC. The molecule has 0 spiro atoms. The number of fused-ring (bicyclic) bond motifs is 1. The van der Waals surface area contributed by atoms with Crippen molar-refractivity contribution in [3.63, 3.8) is 0 Å². The first-order valence-electron chi connectivity index (χ1n) is 6.75. The van der Waals surface area contributed by atoms with Crippen LogP contribution in [0.4, 0.5) is 0 Å². The molecule has 0 amide bonds. The Morgan fingerprint density at radius 2 is 1.68 bits per heavy atom. The minimum Gasteiger partial charge on any atom is -0.490 e. The highest BCUT2D eigenvalue weighted by Crippen LogP contribution is 2.42. The molecule has 8 nitrogen and oxygen atoms in total. The summed E-state index contributed by atoms with van der Waals surface area (Å²) < 4.78 is 16.1. The van der Waals surface area contributed by atoms with E-state index in [1.807, 2.05) is 0 Å². The topological polar surface area (TPSA) is 110 Å². The molecule has 0 aliphatic carbocycles. The van der Waals surface area contributed by atoms with Gasteiger partial charge < -0.3 is 24.2 Å². The Kier molecular flexibility index (Phi) is 4.50. The van der Waals surface area contributed by atoms with Crippen LogP contribution in [0.1, 0.15) is 20.8 Å². The molecule has 0 unspecified atom stereocenters. The molecule has 1 aromatic heterocycles. The van der Waals surface area contributed by atoms with Gasteiger partial charge in [0.15, 0.2) is 5.75 Å². The van der Waals surface area contributed by atoms with Crippen molar-refractivity contribution in [2.24, 2.45) is 0 Å². The van der Waals surface area contributed by atoms with Crippen LogP contribution >= 0.6 is 0 Å². The van der Waals surface area contributed by atoms with Crippen molar-refractivity contribution < 1.29 is 19.0 Å². The number of ether oxygens (including phenoxy) is 3. The van der Waals surface area contributed by atoms with Crippen molar-refractivity contribution in [3.8, 4) is 17.2 Å². The van der Waals surface area contributed by atoms with E-state index in [4.69, 9.17) is 14.2 Å². The molecule has 8 heteroatoms. The number of H-pyrrole nitrogens is 2. The number of aromatic nitrogens is 2. The number of esters is 1. The molecule has 22 heavy (non-hydrogen) atoms. The van der Waals surface area contributed by atoms with Crippen molar-refractivity contribution in [1.82, 2.24) is 9.97 Å². The van der Waals surface area contributed by atoms with Crippen LogP contribution in [-0.4, -0.2) is 29.2 Å². The predicted molar refractivity (Wildman–Crippen MR) is 78.8 cm³/mol. The molecule has 2 aromatic rings. The first-order valence-corrected chi connectivity index (χ1v) is 6.75. The van der Waals surface area contributed by atoms with Gasteiger partial charge in [-0.3, -0.25) is 14.4 Å². The molecule has 2 rings (SSSR count). The monoisotopic (exact) mass is 308 g/mol. The Balaban J connectivity index is 2.86. The van der Waals surface area contributed by atoms with Crippen LogP contribution in [-0.2, 0) is 4.79 Å². The zero-order valence-corrected chi connectivity index (χ0v) is 12.4. The van der Waals surface area contributed by atoms with E-state index >= 15 is 0 Å². The molecule has 0 bridgehead atoms. The van der Waals surface area contributed by atoms with Gasteiger partial charge in [0.25, 0.3) is 0 Å². The zero-order chi connectivity index (χ0) is 16.3. The largest absolute Gasteiger partial charge is 0.490 e. The first-order chi connectivity index (χ1) is 10.5. The molecular formula is C14H16N2O6. The number of carbonyl (C=O) groups is 1. The summed E-state index contributed by atoms with van der Waals surface area (Å²) in [5.74, 6) is -0.0999. The van der Waals surface area contributed by atoms with Gasteiger partial charge in [-0.15, -0.1) is 0 Å². The van der Waals surface area contributed by atoms with Crippen molar-refractivity contribution >= 4 is 17.0 Å². The second-order valence-electron chi connectivity index (χ2n) is 4.32. The third-order valence-corrected chi connectivity index (χ3v) is 2.73. The van der Waals surface area contributed by atoms with Crippen LogP contribution in [0.25, 0.3) is 11.0 Å². The van der Waals surface area contributed by atoms with Gasteiger partial charge in [0, 0.05) is 13.0 Å². The van der Waals surface area contributed by atoms with Gasteiger partial charge in [0.1, 0.15) is 5.52 Å². The van der Waals surface area contributed by atoms with Crippen LogP contribution in [0.2, 0.25) is 0 Å². The highest BCUT2D eigenvalue weighted by atomic mass is 16.6. The molecule has 0 saturated carbocycles. The van der Waals surface area contributed by atoms with Crippen LogP contribution in [0.3, 0.4) is 0 Å².